The number of nitriles is 1. The highest BCUT2D eigenvalue weighted by atomic mass is 19.1. The van der Waals surface area contributed by atoms with Crippen LogP contribution in [-0.4, -0.2) is 61.4 Å². The molecule has 4 aromatic rings. The zero-order valence-corrected chi connectivity index (χ0v) is 21.3. The molecule has 3 aromatic carbocycles. The first kappa shape index (κ1) is 25.6. The normalized spacial score (nSPS) is 13.3. The lowest BCUT2D eigenvalue weighted by Gasteiger charge is -2.36. The van der Waals surface area contributed by atoms with Gasteiger partial charge in [0.1, 0.15) is 0 Å². The third-order valence-corrected chi connectivity index (χ3v) is 6.82. The first-order valence-corrected chi connectivity index (χ1v) is 12.3. The van der Waals surface area contributed by atoms with Gasteiger partial charge in [-0.3, -0.25) is 4.79 Å². The maximum atomic E-state index is 14.7. The second kappa shape index (κ2) is 10.8. The second-order valence-corrected chi connectivity index (χ2v) is 9.09. The van der Waals surface area contributed by atoms with Gasteiger partial charge >= 0.3 is 6.09 Å². The Hall–Kier alpha value is -5.04. The van der Waals surface area contributed by atoms with Crippen molar-refractivity contribution >= 4 is 28.6 Å². The molecule has 1 aliphatic rings. The Morgan fingerprint density at radius 1 is 0.974 bits per heavy atom. The van der Waals surface area contributed by atoms with Crippen LogP contribution in [-0.2, 0) is 9.53 Å². The summed E-state index contributed by atoms with van der Waals surface area (Å²) in [6.45, 7) is 1.84. The average Bonchev–Trinajstić information content (AvgIpc) is 3.34. The molecule has 198 valence electrons. The number of carbonyl (C=O) groups excluding carboxylic acids is 2. The van der Waals surface area contributed by atoms with Crippen molar-refractivity contribution in [2.24, 2.45) is 5.73 Å². The number of primary amides is 1. The minimum absolute atomic E-state index is 0.167. The molecule has 10 heteroatoms. The number of nitrogens with zero attached hydrogens (tertiary/aromatic N) is 4. The molecule has 0 atom stereocenters. The molecule has 0 bridgehead atoms. The molecule has 0 saturated carbocycles. The lowest BCUT2D eigenvalue weighted by Crippen LogP contribution is -2.50. The number of aromatic nitrogens is 1. The Kier molecular flexibility index (Phi) is 7.06. The molecule has 0 radical (unpaired) electrons. The van der Waals surface area contributed by atoms with E-state index in [-0.39, 0.29) is 18.3 Å². The molecule has 1 saturated heterocycles. The van der Waals surface area contributed by atoms with E-state index < -0.39 is 11.9 Å². The van der Waals surface area contributed by atoms with Crippen LogP contribution in [0.15, 0.2) is 66.7 Å². The summed E-state index contributed by atoms with van der Waals surface area (Å²) in [5, 5.41) is 10.2. The third kappa shape index (κ3) is 5.20. The molecule has 2 amide bonds. The first-order valence-electron chi connectivity index (χ1n) is 12.3. The van der Waals surface area contributed by atoms with Crippen molar-refractivity contribution in [1.82, 2.24) is 9.47 Å². The zero-order valence-electron chi connectivity index (χ0n) is 21.3. The maximum absolute atomic E-state index is 14.7. The highest BCUT2D eigenvalue weighted by molar-refractivity contribution is 5.92. The van der Waals surface area contributed by atoms with E-state index in [1.165, 1.54) is 13.2 Å². The van der Waals surface area contributed by atoms with Gasteiger partial charge in [0.05, 0.1) is 30.0 Å². The van der Waals surface area contributed by atoms with Crippen LogP contribution in [0.1, 0.15) is 5.56 Å². The third-order valence-electron chi connectivity index (χ3n) is 6.82. The number of fused-ring (bicyclic) bond motifs is 1. The first-order chi connectivity index (χ1) is 18.9. The van der Waals surface area contributed by atoms with Crippen LogP contribution in [0.3, 0.4) is 0 Å². The molecule has 2 heterocycles. The smallest absolute Gasteiger partial charge is 0.405 e. The Labute approximate surface area is 224 Å². The summed E-state index contributed by atoms with van der Waals surface area (Å²) < 4.78 is 26.4. The van der Waals surface area contributed by atoms with Gasteiger partial charge in [0.15, 0.2) is 18.2 Å². The number of hydrogen-bond donors (Lipinski definition) is 1. The number of methoxy groups -OCH3 is 1. The van der Waals surface area contributed by atoms with Crippen molar-refractivity contribution < 1.29 is 23.5 Å². The van der Waals surface area contributed by atoms with Crippen LogP contribution in [0.4, 0.5) is 14.9 Å². The summed E-state index contributed by atoms with van der Waals surface area (Å²) in [6, 6.07) is 22.4. The van der Waals surface area contributed by atoms with Gasteiger partial charge in [-0.2, -0.15) is 5.26 Å². The predicted octanol–water partition coefficient (Wildman–Crippen LogP) is 4.06. The van der Waals surface area contributed by atoms with Gasteiger partial charge in [-0.1, -0.05) is 0 Å². The van der Waals surface area contributed by atoms with E-state index in [1.807, 2.05) is 41.0 Å². The van der Waals surface area contributed by atoms with Crippen molar-refractivity contribution in [3.63, 3.8) is 0 Å². The number of amides is 2. The lowest BCUT2D eigenvalue weighted by atomic mass is 10.1. The van der Waals surface area contributed by atoms with E-state index in [1.54, 1.807) is 23.1 Å². The van der Waals surface area contributed by atoms with Gasteiger partial charge in [-0.05, 0) is 66.7 Å². The van der Waals surface area contributed by atoms with Gasteiger partial charge in [0, 0.05) is 48.5 Å². The number of nitrogens with two attached hydrogens (primary N) is 1. The fourth-order valence-corrected chi connectivity index (χ4v) is 4.84. The molecule has 0 spiro atoms. The van der Waals surface area contributed by atoms with Crippen LogP contribution in [0.25, 0.3) is 27.8 Å². The van der Waals surface area contributed by atoms with E-state index in [0.717, 1.165) is 28.0 Å². The molecule has 39 heavy (non-hydrogen) atoms. The van der Waals surface area contributed by atoms with Crippen LogP contribution in [0.2, 0.25) is 0 Å². The standard InChI is InChI=1S/C29H26FN5O4/c1-38-27-9-4-20(15-24(27)30)26-16-21-14-23(33-10-12-34(13-11-33)28(36)18-39-29(32)37)7-8-25(21)35(26)22-5-2-19(17-31)3-6-22/h2-9,14-16H,10-13,18H2,1H3,(H2,32,37). The Morgan fingerprint density at radius 2 is 1.69 bits per heavy atom. The van der Waals surface area contributed by atoms with Crippen molar-refractivity contribution in [3.05, 3.63) is 78.1 Å². The highest BCUT2D eigenvalue weighted by Gasteiger charge is 2.23. The number of halogens is 1. The fourth-order valence-electron chi connectivity index (χ4n) is 4.84. The fraction of sp³-hybridized carbons (Fsp3) is 0.207. The van der Waals surface area contributed by atoms with Gasteiger partial charge in [-0.15, -0.1) is 0 Å². The van der Waals surface area contributed by atoms with E-state index in [9.17, 15) is 19.2 Å². The van der Waals surface area contributed by atoms with Gasteiger partial charge in [-0.25, -0.2) is 9.18 Å². The van der Waals surface area contributed by atoms with E-state index in [4.69, 9.17) is 10.5 Å². The molecule has 1 aliphatic heterocycles. The maximum Gasteiger partial charge on any atom is 0.405 e. The monoisotopic (exact) mass is 527 g/mol. The number of anilines is 1. The van der Waals surface area contributed by atoms with Crippen molar-refractivity contribution in [3.8, 4) is 28.8 Å². The number of hydrogen-bond acceptors (Lipinski definition) is 6. The molecule has 0 unspecified atom stereocenters. The number of rotatable bonds is 6. The number of carbonyl (C=O) groups is 2. The van der Waals surface area contributed by atoms with Gasteiger partial charge in [0.25, 0.3) is 5.91 Å². The van der Waals surface area contributed by atoms with E-state index in [2.05, 4.69) is 21.8 Å². The summed E-state index contributed by atoms with van der Waals surface area (Å²) in [5.41, 5.74) is 9.73. The molecular weight excluding hydrogens is 501 g/mol. The second-order valence-electron chi connectivity index (χ2n) is 9.09. The molecule has 0 aliphatic carbocycles. The number of benzene rings is 3. The van der Waals surface area contributed by atoms with Crippen LogP contribution in [0, 0.1) is 17.1 Å². The highest BCUT2D eigenvalue weighted by Crippen LogP contribution is 2.35. The predicted molar refractivity (Wildman–Crippen MR) is 144 cm³/mol. The largest absolute Gasteiger partial charge is 0.494 e. The zero-order chi connectivity index (χ0) is 27.5. The summed E-state index contributed by atoms with van der Waals surface area (Å²) in [6.07, 6.45) is -0.972. The summed E-state index contributed by atoms with van der Waals surface area (Å²) in [4.78, 5) is 26.9. The van der Waals surface area contributed by atoms with Crippen LogP contribution < -0.4 is 15.4 Å². The molecular formula is C29H26FN5O4. The van der Waals surface area contributed by atoms with Crippen molar-refractivity contribution in [1.29, 1.82) is 5.26 Å². The SMILES string of the molecule is COc1ccc(-c2cc3cc(N4CCN(C(=O)COC(N)=O)CC4)ccc3n2-c2ccc(C#N)cc2)cc1F. The van der Waals surface area contributed by atoms with E-state index >= 15 is 0 Å². The number of piperazine rings is 1. The number of ether oxygens (including phenoxy) is 2. The lowest BCUT2D eigenvalue weighted by molar-refractivity contribution is -0.134. The van der Waals surface area contributed by atoms with E-state index in [0.29, 0.717) is 37.3 Å². The molecule has 1 fully saturated rings. The summed E-state index contributed by atoms with van der Waals surface area (Å²) in [7, 11) is 1.43. The quantitative estimate of drug-likeness (QED) is 0.405. The summed E-state index contributed by atoms with van der Waals surface area (Å²) >= 11 is 0. The molecule has 9 nitrogen and oxygen atoms in total. The molecule has 5 rings (SSSR count). The van der Waals surface area contributed by atoms with Crippen molar-refractivity contribution in [2.75, 3.05) is 44.8 Å². The minimum Gasteiger partial charge on any atom is -0.494 e. The Bertz CT molecular complexity index is 1580. The van der Waals surface area contributed by atoms with Crippen molar-refractivity contribution in [2.45, 2.75) is 0 Å². The topological polar surface area (TPSA) is 114 Å². The van der Waals surface area contributed by atoms with Gasteiger partial charge in [0.2, 0.25) is 0 Å². The molecule has 1 aromatic heterocycles. The summed E-state index contributed by atoms with van der Waals surface area (Å²) in [5.74, 6) is -0.568. The Morgan fingerprint density at radius 3 is 2.33 bits per heavy atom. The minimum atomic E-state index is -0.972. The van der Waals surface area contributed by atoms with Crippen LogP contribution in [0.5, 0.6) is 5.75 Å². The van der Waals surface area contributed by atoms with Gasteiger partial charge < -0.3 is 29.6 Å². The Balaban J connectivity index is 1.48. The average molecular weight is 528 g/mol. The van der Waals surface area contributed by atoms with Crippen LogP contribution >= 0.6 is 0 Å². The molecule has 2 N–H and O–H groups in total.